The van der Waals surface area contributed by atoms with E-state index in [0.29, 0.717) is 11.6 Å². The Kier molecular flexibility index (Phi) is 17.6. The van der Waals surface area contributed by atoms with E-state index in [1.165, 1.54) is 21.8 Å². The average molecular weight is 1250 g/mol. The molecule has 0 aromatic carbocycles. The minimum absolute atomic E-state index is 0.0120. The van der Waals surface area contributed by atoms with Crippen LogP contribution in [0.15, 0.2) is 44.5 Å². The first kappa shape index (κ1) is 59.6. The topological polar surface area (TPSA) is 504 Å². The number of phosphoric acid groups is 2. The number of ether oxygens (including phenoxy) is 4. The van der Waals surface area contributed by atoms with Crippen molar-refractivity contribution >= 4 is 96.3 Å². The maximum atomic E-state index is 12.8. The molecule has 0 radical (unpaired) electrons. The number of aromatic nitrogens is 14. The summed E-state index contributed by atoms with van der Waals surface area (Å²) >= 11 is 25.5. The van der Waals surface area contributed by atoms with Gasteiger partial charge in [0, 0.05) is 0 Å². The summed E-state index contributed by atoms with van der Waals surface area (Å²) in [6.07, 6.45) is -10.6. The Morgan fingerprint density at radius 2 is 0.900 bits per heavy atom. The van der Waals surface area contributed by atoms with Gasteiger partial charge in [-0.15, -0.1) is 46.4 Å². The zero-order valence-electron chi connectivity index (χ0n) is 40.7. The number of nitrogens with two attached hydrogens (primary N) is 2. The first-order chi connectivity index (χ1) is 37.8. The Labute approximate surface area is 464 Å². The van der Waals surface area contributed by atoms with E-state index in [1.54, 1.807) is 13.8 Å². The lowest BCUT2D eigenvalue weighted by atomic mass is 10.2. The molecule has 0 bridgehead atoms. The Hall–Kier alpha value is -5.02. The van der Waals surface area contributed by atoms with E-state index in [4.69, 9.17) is 94.9 Å². The number of phosphoric ester groups is 2. The Balaban J connectivity index is 0.000000194. The number of fused-ring (bicyclic) bond motifs is 2. The van der Waals surface area contributed by atoms with Crippen LogP contribution in [0.2, 0.25) is 0 Å². The third-order valence-corrected chi connectivity index (χ3v) is 16.3. The number of imidazole rings is 2. The lowest BCUT2D eigenvalue weighted by molar-refractivity contribution is -0.0567. The Bertz CT molecular complexity index is 3600. The molecule has 80 heavy (non-hydrogen) atoms. The molecular weight excluding hydrogens is 1200 g/mol. The second kappa shape index (κ2) is 23.7. The first-order valence-electron chi connectivity index (χ1n) is 23.2. The number of H-pyrrole nitrogens is 2. The van der Waals surface area contributed by atoms with E-state index in [2.05, 4.69) is 49.8 Å². The number of rotatable bonds is 16. The van der Waals surface area contributed by atoms with Crippen molar-refractivity contribution in [2.75, 3.05) is 37.9 Å². The van der Waals surface area contributed by atoms with E-state index in [9.17, 15) is 58.5 Å². The third-order valence-electron chi connectivity index (χ3n) is 12.5. The van der Waals surface area contributed by atoms with Crippen LogP contribution in [-0.4, -0.2) is 195 Å². The van der Waals surface area contributed by atoms with Crippen molar-refractivity contribution in [2.45, 2.75) is 109 Å². The van der Waals surface area contributed by atoms with E-state index in [0.717, 1.165) is 21.8 Å². The normalized spacial score (nSPS) is 32.0. The number of nitrogen functional groups attached to an aromatic ring is 2. The number of alkyl halides is 4. The summed E-state index contributed by atoms with van der Waals surface area (Å²) in [5, 5.41) is 35.9. The molecule has 0 aliphatic carbocycles. The van der Waals surface area contributed by atoms with Crippen LogP contribution in [0.3, 0.4) is 0 Å². The summed E-state index contributed by atoms with van der Waals surface area (Å²) in [7, 11) is -9.84. The van der Waals surface area contributed by atoms with Gasteiger partial charge >= 0.3 is 27.0 Å². The smallest absolute Gasteiger partial charge is 0.394 e. The zero-order chi connectivity index (χ0) is 57.9. The number of halogens is 4. The quantitative estimate of drug-likeness (QED) is 0.0342. The summed E-state index contributed by atoms with van der Waals surface area (Å²) in [5.74, 6) is 0.0500. The molecule has 0 spiro atoms. The number of hydrogen-bond acceptors (Lipinski definition) is 28. The molecule has 42 heteroatoms. The molecule has 4 aliphatic heterocycles. The van der Waals surface area contributed by atoms with E-state index in [1.807, 2.05) is 0 Å². The molecule has 4 aliphatic rings. The molecule has 436 valence electrons. The van der Waals surface area contributed by atoms with Crippen LogP contribution in [-0.2, 0) is 46.2 Å². The Morgan fingerprint density at radius 1 is 0.562 bits per heavy atom. The fourth-order valence-corrected chi connectivity index (χ4v) is 12.3. The average Bonchev–Trinajstić information content (AvgIpc) is 4.28. The van der Waals surface area contributed by atoms with Crippen LogP contribution >= 0.6 is 62.0 Å². The highest BCUT2D eigenvalue weighted by molar-refractivity contribution is 7.47. The van der Waals surface area contributed by atoms with Gasteiger partial charge in [0.15, 0.2) is 47.2 Å². The number of aryl methyl sites for hydroxylation is 2. The van der Waals surface area contributed by atoms with Crippen LogP contribution in [0, 0.1) is 13.8 Å². The molecule has 0 saturated carbocycles. The van der Waals surface area contributed by atoms with Crippen molar-refractivity contribution in [3.8, 4) is 0 Å². The zero-order valence-corrected chi connectivity index (χ0v) is 45.5. The number of aliphatic hydroxyl groups is 4. The van der Waals surface area contributed by atoms with Crippen LogP contribution in [0.1, 0.15) is 36.6 Å². The fourth-order valence-electron chi connectivity index (χ4n) is 8.72. The largest absolute Gasteiger partial charge is 0.472 e. The molecule has 6 aromatic rings. The van der Waals surface area contributed by atoms with Gasteiger partial charge < -0.3 is 70.6 Å². The van der Waals surface area contributed by atoms with Gasteiger partial charge in [0.2, 0.25) is 11.9 Å². The van der Waals surface area contributed by atoms with Crippen molar-refractivity contribution in [3.05, 3.63) is 78.6 Å². The molecule has 6 aromatic heterocycles. The second-order valence-corrected chi connectivity index (χ2v) is 22.6. The molecule has 36 nitrogen and oxygen atoms in total. The number of hydrogen-bond donors (Lipinski definition) is 10. The molecular formula is C38H46Cl4N16O20P2. The van der Waals surface area contributed by atoms with Crippen LogP contribution in [0.5, 0.6) is 0 Å². The van der Waals surface area contributed by atoms with Crippen molar-refractivity contribution in [1.29, 1.82) is 0 Å². The molecule has 10 heterocycles. The first-order valence-corrected chi connectivity index (χ1v) is 27.9. The van der Waals surface area contributed by atoms with Gasteiger partial charge in [0.1, 0.15) is 94.6 Å². The number of aliphatic hydroxyl groups excluding tert-OH is 4. The van der Waals surface area contributed by atoms with Crippen LogP contribution < -0.4 is 34.0 Å². The summed E-state index contributed by atoms with van der Waals surface area (Å²) in [6.45, 7) is 0.447. The van der Waals surface area contributed by atoms with Crippen LogP contribution in [0.25, 0.3) is 22.3 Å². The molecule has 12 N–H and O–H groups in total. The van der Waals surface area contributed by atoms with Gasteiger partial charge in [-0.1, -0.05) is 0 Å². The predicted molar refractivity (Wildman–Crippen MR) is 269 cm³/mol. The highest BCUT2D eigenvalue weighted by Gasteiger charge is 2.52. The van der Waals surface area contributed by atoms with E-state index in [-0.39, 0.29) is 34.2 Å². The Morgan fingerprint density at radius 3 is 1.27 bits per heavy atom. The lowest BCUT2D eigenvalue weighted by Crippen LogP contribution is -2.35. The highest BCUT2D eigenvalue weighted by atomic mass is 35.5. The predicted octanol–water partition coefficient (Wildman–Crippen LogP) is -2.95. The van der Waals surface area contributed by atoms with Gasteiger partial charge in [0.05, 0.1) is 39.1 Å². The van der Waals surface area contributed by atoms with Gasteiger partial charge in [0.25, 0.3) is 11.1 Å². The summed E-state index contributed by atoms with van der Waals surface area (Å²) in [4.78, 5) is 105. The van der Waals surface area contributed by atoms with Crippen molar-refractivity contribution in [3.63, 3.8) is 0 Å². The molecule has 4 saturated heterocycles. The minimum Gasteiger partial charge on any atom is -0.394 e. The van der Waals surface area contributed by atoms with Gasteiger partial charge in [-0.2, -0.15) is 9.97 Å². The van der Waals surface area contributed by atoms with E-state index < -0.39 is 160 Å². The molecule has 0 amide bonds. The third kappa shape index (κ3) is 12.1. The number of aromatic amines is 2. The van der Waals surface area contributed by atoms with Gasteiger partial charge in [-0.3, -0.25) is 46.0 Å². The SMILES string of the molecule is Cc1nc2c(ncn2[C@@H]2O[C@H](CO)C(OP(=O)(O)OC[C@H]3O[C@@H](n4cnc(N)nc4=O)[C@@H](Cl)C3O)[C@@H]2Cl)c(=O)[nH]1.Cc1nc2c(ncn2[C@@H]2O[C@H](COP(=O)(O)OC3[C@@H](CO)O[C@@H](n4cnc(N)nc4=O)[C@H]3Cl)C(O)[C@@H]2Cl)c(=O)[nH]1. The monoisotopic (exact) mass is 1250 g/mol. The highest BCUT2D eigenvalue weighted by Crippen LogP contribution is 2.52. The number of nitrogens with one attached hydrogen (secondary N) is 2. The summed E-state index contributed by atoms with van der Waals surface area (Å²) in [5.41, 5.74) is 8.43. The fraction of sp³-hybridized carbons (Fsp3) is 0.579. The van der Waals surface area contributed by atoms with E-state index >= 15 is 0 Å². The molecule has 18 atom stereocenters. The van der Waals surface area contributed by atoms with Crippen molar-refractivity contribution in [1.82, 2.24) is 68.1 Å². The lowest BCUT2D eigenvalue weighted by Gasteiger charge is -2.23. The minimum atomic E-state index is -4.92. The number of nitrogens with zero attached hydrogens (tertiary/aromatic N) is 12. The van der Waals surface area contributed by atoms with Crippen molar-refractivity contribution in [2.24, 2.45) is 0 Å². The summed E-state index contributed by atoms with van der Waals surface area (Å²) in [6, 6.07) is 0. The number of anilines is 2. The molecule has 10 rings (SSSR count). The van der Waals surface area contributed by atoms with Crippen LogP contribution in [0.4, 0.5) is 11.9 Å². The maximum absolute atomic E-state index is 12.8. The summed E-state index contributed by atoms with van der Waals surface area (Å²) < 4.78 is 73.3. The molecule has 6 unspecified atom stereocenters. The second-order valence-electron chi connectivity index (χ2n) is 17.8. The van der Waals surface area contributed by atoms with Gasteiger partial charge in [-0.25, -0.2) is 48.6 Å². The van der Waals surface area contributed by atoms with Gasteiger partial charge in [-0.05, 0) is 13.8 Å². The standard InChI is InChI=1S/2C19H23Cl2N8O10P/c1-6-25-14-11(15(32)26-6)23-4-28(14)17-10(21)13(7(2-30)37-17)39-40(34,35)36-3-8-12(31)9(20)16(38-8)29-5-24-18(22)27-19(29)33;1-6-25-14-11(15(32)26-6)23-4-28(14)16-9(20)12(31)8(38-16)3-36-40(34,35)39-13-7(2-30)37-17(10(13)21)29-5-24-18(22)27-19(29)33/h2*4-5,7-10,12-13,16-17,30-31H,2-3H2,1H3,(H,34,35)(H2,22,27,33)(H,25,26,32)/t2*7-,8-,9+,10+,12?,13?,16-,17-/m11/s1. The maximum Gasteiger partial charge on any atom is 0.472 e. The van der Waals surface area contributed by atoms with Crippen molar-refractivity contribution < 1.29 is 76.4 Å². The molecule has 4 fully saturated rings.